The van der Waals surface area contributed by atoms with Crippen molar-refractivity contribution in [2.75, 3.05) is 10.6 Å². The number of nitrogens with zero attached hydrogens (tertiary/aromatic N) is 2. The predicted octanol–water partition coefficient (Wildman–Crippen LogP) is 3.90. The largest absolute Gasteiger partial charge is 0.348 e. The zero-order valence-corrected chi connectivity index (χ0v) is 19.4. The van der Waals surface area contributed by atoms with Crippen LogP contribution in [0.4, 0.5) is 11.4 Å². The van der Waals surface area contributed by atoms with E-state index >= 15 is 0 Å². The first-order valence-electron chi connectivity index (χ1n) is 10.8. The minimum atomic E-state index is -3.88. The number of sulfonamides is 1. The fraction of sp³-hybridized carbons (Fsp3) is 0.435. The third kappa shape index (κ3) is 5.27. The number of amides is 1. The minimum absolute atomic E-state index is 0.0881. The van der Waals surface area contributed by atoms with E-state index in [1.165, 1.54) is 41.8 Å². The van der Waals surface area contributed by atoms with Crippen LogP contribution in [0.2, 0.25) is 0 Å². The Hall–Kier alpha value is -2.94. The number of nitro groups is 1. The molecule has 8 nitrogen and oxygen atoms in total. The Morgan fingerprint density at radius 3 is 2.47 bits per heavy atom. The average Bonchev–Trinajstić information content (AvgIpc) is 2.76. The van der Waals surface area contributed by atoms with E-state index in [1.807, 2.05) is 13.0 Å². The Morgan fingerprint density at radius 2 is 1.84 bits per heavy atom. The number of fused-ring (bicyclic) bond motifs is 1. The van der Waals surface area contributed by atoms with Gasteiger partial charge in [-0.05, 0) is 61.8 Å². The van der Waals surface area contributed by atoms with Gasteiger partial charge >= 0.3 is 0 Å². The van der Waals surface area contributed by atoms with Crippen LogP contribution in [0.15, 0.2) is 42.5 Å². The lowest BCUT2D eigenvalue weighted by Crippen LogP contribution is -2.49. The van der Waals surface area contributed by atoms with Crippen molar-refractivity contribution in [2.45, 2.75) is 58.0 Å². The molecular weight excluding hydrogens is 430 g/mol. The molecule has 0 spiro atoms. The Kier molecular flexibility index (Phi) is 7.18. The van der Waals surface area contributed by atoms with E-state index in [1.54, 1.807) is 6.92 Å². The highest BCUT2D eigenvalue weighted by Crippen LogP contribution is 2.28. The van der Waals surface area contributed by atoms with Gasteiger partial charge in [0.2, 0.25) is 15.9 Å². The summed E-state index contributed by atoms with van der Waals surface area (Å²) in [6, 6.07) is 10.2. The first-order chi connectivity index (χ1) is 15.1. The van der Waals surface area contributed by atoms with Crippen molar-refractivity contribution in [1.82, 2.24) is 5.32 Å². The molecule has 0 bridgehead atoms. The molecule has 1 aliphatic rings. The van der Waals surface area contributed by atoms with E-state index in [-0.39, 0.29) is 23.8 Å². The highest BCUT2D eigenvalue weighted by Gasteiger charge is 2.33. The summed E-state index contributed by atoms with van der Waals surface area (Å²) in [5, 5.41) is 14.1. The van der Waals surface area contributed by atoms with E-state index in [4.69, 9.17) is 0 Å². The number of anilines is 1. The lowest BCUT2D eigenvalue weighted by molar-refractivity contribution is -0.384. The molecule has 0 fully saturated rings. The van der Waals surface area contributed by atoms with Gasteiger partial charge in [0.25, 0.3) is 5.69 Å². The molecule has 0 unspecified atom stereocenters. The Bertz CT molecular complexity index is 1120. The summed E-state index contributed by atoms with van der Waals surface area (Å²) in [5.41, 5.74) is 3.46. The molecule has 1 N–H and O–H groups in total. The van der Waals surface area contributed by atoms with Gasteiger partial charge in [0.1, 0.15) is 6.04 Å². The van der Waals surface area contributed by atoms with Crippen molar-refractivity contribution in [2.24, 2.45) is 0 Å². The number of non-ortho nitro benzene ring substituents is 1. The zero-order chi connectivity index (χ0) is 23.5. The van der Waals surface area contributed by atoms with Crippen molar-refractivity contribution in [3.63, 3.8) is 0 Å². The van der Waals surface area contributed by atoms with Crippen LogP contribution in [-0.2, 0) is 27.7 Å². The van der Waals surface area contributed by atoms with Gasteiger partial charge in [0.05, 0.1) is 22.9 Å². The third-order valence-corrected chi connectivity index (χ3v) is 7.04. The van der Waals surface area contributed by atoms with Crippen LogP contribution < -0.4 is 9.62 Å². The summed E-state index contributed by atoms with van der Waals surface area (Å²) in [4.78, 5) is 23.7. The van der Waals surface area contributed by atoms with Gasteiger partial charge in [-0.25, -0.2) is 8.42 Å². The first kappa shape index (κ1) is 23.7. The van der Waals surface area contributed by atoms with Crippen molar-refractivity contribution in [3.05, 3.63) is 69.3 Å². The number of nitrogens with one attached hydrogen (secondary N) is 1. The quantitative estimate of drug-likeness (QED) is 0.476. The lowest BCUT2D eigenvalue weighted by Gasteiger charge is -2.31. The van der Waals surface area contributed by atoms with Gasteiger partial charge in [0.15, 0.2) is 0 Å². The van der Waals surface area contributed by atoms with Crippen molar-refractivity contribution >= 4 is 27.3 Å². The smallest absolute Gasteiger partial charge is 0.271 e. The molecule has 1 aliphatic carbocycles. The van der Waals surface area contributed by atoms with Crippen LogP contribution in [0.3, 0.4) is 0 Å². The second-order valence-electron chi connectivity index (χ2n) is 8.23. The topological polar surface area (TPSA) is 110 Å². The fourth-order valence-corrected chi connectivity index (χ4v) is 5.42. The summed E-state index contributed by atoms with van der Waals surface area (Å²) < 4.78 is 26.2. The normalized spacial score (nSPS) is 15.3. The summed E-state index contributed by atoms with van der Waals surface area (Å²) in [5.74, 6) is -0.449. The SMILES string of the molecule is CC[C@H](C(=O)N[C@@H](C)c1ccc2c(c1)CCCC2)N(c1cccc([N+](=O)[O-])c1)S(C)(=O)=O. The molecule has 0 aliphatic heterocycles. The Morgan fingerprint density at radius 1 is 1.16 bits per heavy atom. The highest BCUT2D eigenvalue weighted by molar-refractivity contribution is 7.92. The molecule has 32 heavy (non-hydrogen) atoms. The monoisotopic (exact) mass is 459 g/mol. The maximum atomic E-state index is 13.2. The molecular formula is C23H29N3O5S. The van der Waals surface area contributed by atoms with E-state index in [0.717, 1.165) is 35.4 Å². The minimum Gasteiger partial charge on any atom is -0.348 e. The number of aryl methyl sites for hydroxylation is 2. The van der Waals surface area contributed by atoms with E-state index in [2.05, 4.69) is 17.4 Å². The number of hydrogen-bond acceptors (Lipinski definition) is 5. The molecule has 3 rings (SSSR count). The predicted molar refractivity (Wildman–Crippen MR) is 124 cm³/mol. The van der Waals surface area contributed by atoms with Crippen molar-refractivity contribution in [3.8, 4) is 0 Å². The molecule has 2 aromatic rings. The van der Waals surface area contributed by atoms with Crippen molar-refractivity contribution in [1.29, 1.82) is 0 Å². The second kappa shape index (κ2) is 9.68. The molecule has 0 heterocycles. The van der Waals surface area contributed by atoms with Gasteiger partial charge in [-0.3, -0.25) is 19.2 Å². The van der Waals surface area contributed by atoms with E-state index < -0.39 is 26.9 Å². The molecule has 1 amide bonds. The molecule has 0 saturated carbocycles. The van der Waals surface area contributed by atoms with Crippen LogP contribution in [0, 0.1) is 10.1 Å². The third-order valence-electron chi connectivity index (χ3n) is 5.86. The van der Waals surface area contributed by atoms with Gasteiger partial charge in [-0.15, -0.1) is 0 Å². The molecule has 172 valence electrons. The first-order valence-corrected chi connectivity index (χ1v) is 12.6. The molecule has 0 saturated heterocycles. The summed E-state index contributed by atoms with van der Waals surface area (Å²) in [7, 11) is -3.88. The number of carbonyl (C=O) groups excluding carboxylic acids is 1. The molecule has 0 radical (unpaired) electrons. The molecule has 9 heteroatoms. The second-order valence-corrected chi connectivity index (χ2v) is 10.1. The Balaban J connectivity index is 1.86. The zero-order valence-electron chi connectivity index (χ0n) is 18.6. The highest BCUT2D eigenvalue weighted by atomic mass is 32.2. The van der Waals surface area contributed by atoms with Crippen LogP contribution in [0.1, 0.15) is 55.8 Å². The number of hydrogen-bond donors (Lipinski definition) is 1. The number of carbonyl (C=O) groups is 1. The fourth-order valence-electron chi connectivity index (χ4n) is 4.22. The van der Waals surface area contributed by atoms with Gasteiger partial charge in [-0.2, -0.15) is 0 Å². The number of rotatable bonds is 8. The van der Waals surface area contributed by atoms with E-state index in [0.29, 0.717) is 0 Å². The van der Waals surface area contributed by atoms with Gasteiger partial charge in [-0.1, -0.05) is 31.2 Å². The van der Waals surface area contributed by atoms with E-state index in [9.17, 15) is 23.3 Å². The summed E-state index contributed by atoms with van der Waals surface area (Å²) in [6.07, 6.45) is 5.64. The molecule has 2 atom stereocenters. The van der Waals surface area contributed by atoms with Gasteiger partial charge in [0, 0.05) is 12.1 Å². The van der Waals surface area contributed by atoms with Gasteiger partial charge < -0.3 is 5.32 Å². The number of benzene rings is 2. The van der Waals surface area contributed by atoms with Crippen LogP contribution in [0.5, 0.6) is 0 Å². The van der Waals surface area contributed by atoms with Crippen LogP contribution >= 0.6 is 0 Å². The van der Waals surface area contributed by atoms with Crippen LogP contribution in [-0.4, -0.2) is 31.5 Å². The standard InChI is InChI=1S/C23H29N3O5S/c1-4-22(25(32(3,30)31)20-10-7-11-21(15-20)26(28)29)23(27)24-16(2)18-13-12-17-8-5-6-9-19(17)14-18/h7,10-16,22H,4-6,8-9H2,1-3H3,(H,24,27)/t16-,22+/m0/s1. The molecule has 2 aromatic carbocycles. The lowest BCUT2D eigenvalue weighted by atomic mass is 9.89. The average molecular weight is 460 g/mol. The number of nitro benzene ring substituents is 1. The maximum absolute atomic E-state index is 13.2. The Labute approximate surface area is 188 Å². The maximum Gasteiger partial charge on any atom is 0.271 e. The summed E-state index contributed by atoms with van der Waals surface area (Å²) in [6.45, 7) is 3.58. The van der Waals surface area contributed by atoms with Crippen molar-refractivity contribution < 1.29 is 18.1 Å². The summed E-state index contributed by atoms with van der Waals surface area (Å²) >= 11 is 0. The van der Waals surface area contributed by atoms with Crippen LogP contribution in [0.25, 0.3) is 0 Å². The molecule has 0 aromatic heterocycles.